The molecule has 0 radical (unpaired) electrons. The maximum Gasteiger partial charge on any atom is 0.211 e. The molecule has 0 aromatic carbocycles. The van der Waals surface area contributed by atoms with Crippen LogP contribution in [0.15, 0.2) is 36.8 Å². The predicted octanol–water partition coefficient (Wildman–Crippen LogP) is 2.39. The van der Waals surface area contributed by atoms with Crippen molar-refractivity contribution < 1.29 is 0 Å². The van der Waals surface area contributed by atoms with Gasteiger partial charge in [0.2, 0.25) is 5.95 Å². The van der Waals surface area contributed by atoms with E-state index in [1.807, 2.05) is 18.5 Å². The molecule has 0 amide bonds. The van der Waals surface area contributed by atoms with Gasteiger partial charge in [0.25, 0.3) is 0 Å². The van der Waals surface area contributed by atoms with Crippen molar-refractivity contribution in [3.63, 3.8) is 0 Å². The summed E-state index contributed by atoms with van der Waals surface area (Å²) < 4.78 is 2.15. The molecule has 29 heavy (non-hydrogen) atoms. The third-order valence-corrected chi connectivity index (χ3v) is 6.31. The molecule has 5 rings (SSSR count). The second-order valence-corrected chi connectivity index (χ2v) is 8.37. The van der Waals surface area contributed by atoms with E-state index in [2.05, 4.69) is 56.5 Å². The van der Waals surface area contributed by atoms with Gasteiger partial charge in [-0.3, -0.25) is 14.3 Å². The fraction of sp³-hybridized carbons (Fsp3) is 0.500. The van der Waals surface area contributed by atoms with Gasteiger partial charge in [0.1, 0.15) is 5.65 Å². The van der Waals surface area contributed by atoms with Crippen LogP contribution in [0.3, 0.4) is 0 Å². The van der Waals surface area contributed by atoms with Crippen LogP contribution in [0, 0.1) is 0 Å². The van der Waals surface area contributed by atoms with E-state index in [9.17, 15) is 0 Å². The van der Waals surface area contributed by atoms with Gasteiger partial charge in [-0.1, -0.05) is 6.07 Å². The van der Waals surface area contributed by atoms with E-state index in [4.69, 9.17) is 9.97 Å². The first-order valence-electron chi connectivity index (χ1n) is 10.6. The van der Waals surface area contributed by atoms with Crippen LogP contribution in [0.1, 0.15) is 35.8 Å². The molecule has 2 aliphatic rings. The van der Waals surface area contributed by atoms with Gasteiger partial charge in [0.15, 0.2) is 0 Å². The van der Waals surface area contributed by atoms with E-state index in [1.54, 1.807) is 0 Å². The molecule has 0 spiro atoms. The Morgan fingerprint density at radius 1 is 1.10 bits per heavy atom. The summed E-state index contributed by atoms with van der Waals surface area (Å²) in [6, 6.07) is 6.64. The molecule has 1 saturated heterocycles. The lowest BCUT2D eigenvalue weighted by atomic mass is 9.91. The molecular formula is C22H29N7. The first-order valence-corrected chi connectivity index (χ1v) is 10.6. The van der Waals surface area contributed by atoms with Crippen LogP contribution in [-0.4, -0.2) is 69.4 Å². The van der Waals surface area contributed by atoms with Gasteiger partial charge in [-0.2, -0.15) is 0 Å². The summed E-state index contributed by atoms with van der Waals surface area (Å²) in [7, 11) is 4.37. The monoisotopic (exact) mass is 391 g/mol. The summed E-state index contributed by atoms with van der Waals surface area (Å²) in [4.78, 5) is 21.4. The summed E-state index contributed by atoms with van der Waals surface area (Å²) >= 11 is 0. The van der Waals surface area contributed by atoms with Crippen molar-refractivity contribution in [1.82, 2.24) is 29.2 Å². The van der Waals surface area contributed by atoms with E-state index in [-0.39, 0.29) is 0 Å². The Balaban J connectivity index is 1.38. The molecule has 1 fully saturated rings. The summed E-state index contributed by atoms with van der Waals surface area (Å²) in [5, 5.41) is 0. The largest absolute Gasteiger partial charge is 0.339 e. The Hall–Kier alpha value is -2.51. The van der Waals surface area contributed by atoms with Crippen molar-refractivity contribution in [2.24, 2.45) is 0 Å². The summed E-state index contributed by atoms with van der Waals surface area (Å²) in [5.74, 6) is 1.00. The van der Waals surface area contributed by atoms with Crippen LogP contribution in [-0.2, 0) is 13.0 Å². The highest BCUT2D eigenvalue weighted by atomic mass is 15.3. The molecule has 3 aromatic rings. The molecule has 1 aliphatic heterocycles. The smallest absolute Gasteiger partial charge is 0.211 e. The lowest BCUT2D eigenvalue weighted by Crippen LogP contribution is -2.45. The number of aryl methyl sites for hydroxylation is 1. The Kier molecular flexibility index (Phi) is 4.93. The number of fused-ring (bicyclic) bond motifs is 2. The maximum absolute atomic E-state index is 4.90. The van der Waals surface area contributed by atoms with Gasteiger partial charge in [-0.05, 0) is 51.1 Å². The number of anilines is 1. The second-order valence-electron chi connectivity index (χ2n) is 8.37. The average molecular weight is 392 g/mol. The van der Waals surface area contributed by atoms with Gasteiger partial charge in [-0.15, -0.1) is 0 Å². The summed E-state index contributed by atoms with van der Waals surface area (Å²) in [5.41, 5.74) is 4.69. The second kappa shape index (κ2) is 7.72. The summed E-state index contributed by atoms with van der Waals surface area (Å²) in [6.45, 7) is 4.94. The van der Waals surface area contributed by atoms with Crippen molar-refractivity contribution in [3.05, 3.63) is 53.7 Å². The van der Waals surface area contributed by atoms with Crippen LogP contribution >= 0.6 is 0 Å². The van der Waals surface area contributed by atoms with Gasteiger partial charge >= 0.3 is 0 Å². The van der Waals surface area contributed by atoms with Crippen LogP contribution < -0.4 is 4.90 Å². The Morgan fingerprint density at radius 3 is 2.83 bits per heavy atom. The number of aromatic nitrogens is 4. The minimum Gasteiger partial charge on any atom is -0.339 e. The third kappa shape index (κ3) is 3.60. The van der Waals surface area contributed by atoms with E-state index < -0.39 is 0 Å². The number of pyridine rings is 1. The van der Waals surface area contributed by atoms with Crippen LogP contribution in [0.25, 0.3) is 5.65 Å². The topological polar surface area (TPSA) is 52.8 Å². The van der Waals surface area contributed by atoms with Crippen LogP contribution in [0.4, 0.5) is 5.95 Å². The van der Waals surface area contributed by atoms with Gasteiger partial charge in [0, 0.05) is 51.3 Å². The molecule has 4 heterocycles. The van der Waals surface area contributed by atoms with Crippen LogP contribution in [0.5, 0.6) is 0 Å². The number of hydrogen-bond donors (Lipinski definition) is 0. The van der Waals surface area contributed by atoms with Gasteiger partial charge in [0.05, 0.1) is 17.4 Å². The van der Waals surface area contributed by atoms with Crippen molar-refractivity contribution in [2.45, 2.75) is 31.8 Å². The highest BCUT2D eigenvalue weighted by molar-refractivity contribution is 5.48. The molecule has 7 nitrogen and oxygen atoms in total. The number of hydrogen-bond acceptors (Lipinski definition) is 6. The number of rotatable bonds is 4. The predicted molar refractivity (Wildman–Crippen MR) is 114 cm³/mol. The van der Waals surface area contributed by atoms with E-state index in [0.717, 1.165) is 62.9 Å². The average Bonchev–Trinajstić information content (AvgIpc) is 3.16. The first kappa shape index (κ1) is 18.5. The molecule has 3 aromatic heterocycles. The van der Waals surface area contributed by atoms with Crippen LogP contribution in [0.2, 0.25) is 0 Å². The Morgan fingerprint density at radius 2 is 1.97 bits per heavy atom. The SMILES string of the molecule is CN1CCN(c2nccc3nc(CN(C)[C@H]4CCCc5cccnc54)cn23)CC1. The zero-order valence-electron chi connectivity index (χ0n) is 17.3. The third-order valence-electron chi connectivity index (χ3n) is 6.31. The van der Waals surface area contributed by atoms with Crippen molar-refractivity contribution in [2.75, 3.05) is 45.2 Å². The molecule has 0 bridgehead atoms. The molecule has 1 aliphatic carbocycles. The normalized spacial score (nSPS) is 20.4. The van der Waals surface area contributed by atoms with Crippen molar-refractivity contribution >= 4 is 11.6 Å². The Labute approximate surface area is 172 Å². The van der Waals surface area contributed by atoms with Crippen molar-refractivity contribution in [3.8, 4) is 0 Å². The molecular weight excluding hydrogens is 362 g/mol. The van der Waals surface area contributed by atoms with E-state index in [0.29, 0.717) is 6.04 Å². The maximum atomic E-state index is 4.90. The lowest BCUT2D eigenvalue weighted by molar-refractivity contribution is 0.206. The molecule has 0 N–H and O–H groups in total. The molecule has 0 saturated carbocycles. The molecule has 0 unspecified atom stereocenters. The van der Waals surface area contributed by atoms with Crippen molar-refractivity contribution in [1.29, 1.82) is 0 Å². The fourth-order valence-electron chi connectivity index (χ4n) is 4.65. The highest BCUT2D eigenvalue weighted by Crippen LogP contribution is 2.32. The number of piperazine rings is 1. The molecule has 1 atom stereocenters. The van der Waals surface area contributed by atoms with Gasteiger partial charge in [-0.25, -0.2) is 9.97 Å². The van der Waals surface area contributed by atoms with E-state index >= 15 is 0 Å². The zero-order valence-corrected chi connectivity index (χ0v) is 17.3. The van der Waals surface area contributed by atoms with E-state index in [1.165, 1.54) is 17.7 Å². The quantitative estimate of drug-likeness (QED) is 0.681. The lowest BCUT2D eigenvalue weighted by Gasteiger charge is -2.33. The van der Waals surface area contributed by atoms with Gasteiger partial charge < -0.3 is 9.80 Å². The summed E-state index contributed by atoms with van der Waals surface area (Å²) in [6.07, 6.45) is 9.48. The number of nitrogens with zero attached hydrogens (tertiary/aromatic N) is 7. The standard InChI is InChI=1S/C22H29N7/c1-26-11-13-28(14-12-26)22-24-10-8-20-25-18(16-29(20)22)15-27(2)19-7-3-5-17-6-4-9-23-21(17)19/h4,6,8-10,16,19H,3,5,7,11-15H2,1-2H3/t19-/m0/s1. The number of likely N-dealkylation sites (N-methyl/N-ethyl adjacent to an activating group) is 1. The first-order chi connectivity index (χ1) is 14.2. The number of imidazole rings is 1. The zero-order chi connectivity index (χ0) is 19.8. The minimum atomic E-state index is 0.361. The fourth-order valence-corrected chi connectivity index (χ4v) is 4.65. The molecule has 7 heteroatoms. The highest BCUT2D eigenvalue weighted by Gasteiger charge is 2.25. The molecule has 152 valence electrons. The minimum absolute atomic E-state index is 0.361. The Bertz CT molecular complexity index is 990.